The molecule has 1 aliphatic rings. The van der Waals surface area contributed by atoms with Crippen LogP contribution in [0.25, 0.3) is 0 Å². The minimum Gasteiger partial charge on any atom is -0.375 e. The zero-order chi connectivity index (χ0) is 13.6. The fourth-order valence-electron chi connectivity index (χ4n) is 2.32. The zero-order valence-corrected chi connectivity index (χ0v) is 12.6. The second-order valence-electron chi connectivity index (χ2n) is 4.99. The molecule has 1 N–H and O–H groups in total. The highest BCUT2D eigenvalue weighted by atomic mass is 35.5. The van der Waals surface area contributed by atoms with Crippen molar-refractivity contribution < 1.29 is 9.26 Å². The Bertz CT molecular complexity index is 527. The predicted octanol–water partition coefficient (Wildman–Crippen LogP) is 1.81. The van der Waals surface area contributed by atoms with Crippen molar-refractivity contribution in [1.29, 1.82) is 0 Å². The smallest absolute Gasteiger partial charge is 0.229 e. The average Bonchev–Trinajstić information content (AvgIpc) is 2.95. The Labute approximate surface area is 130 Å². The molecule has 1 saturated heterocycles. The van der Waals surface area contributed by atoms with Crippen LogP contribution in [0, 0.1) is 0 Å². The molecule has 5 nitrogen and oxygen atoms in total. The Hall–Kier alpha value is -1.43. The monoisotopic (exact) mass is 309 g/mol. The van der Waals surface area contributed by atoms with E-state index >= 15 is 0 Å². The molecule has 0 bridgehead atoms. The first-order valence-electron chi connectivity index (χ1n) is 7.08. The highest BCUT2D eigenvalue weighted by molar-refractivity contribution is 5.85. The van der Waals surface area contributed by atoms with Gasteiger partial charge in [0.2, 0.25) is 5.89 Å². The SMILES string of the molecule is Cl.c1ccc(CCc2noc(CC3CNCCO3)n2)cc1. The van der Waals surface area contributed by atoms with Gasteiger partial charge in [-0.2, -0.15) is 4.98 Å². The third-order valence-corrected chi connectivity index (χ3v) is 3.40. The second-order valence-corrected chi connectivity index (χ2v) is 4.99. The molecule has 6 heteroatoms. The number of hydrogen-bond acceptors (Lipinski definition) is 5. The highest BCUT2D eigenvalue weighted by Crippen LogP contribution is 2.08. The first-order chi connectivity index (χ1) is 9.90. The molecular formula is C15H20ClN3O2. The molecule has 1 aliphatic heterocycles. The molecule has 1 fully saturated rings. The summed E-state index contributed by atoms with van der Waals surface area (Å²) in [6.45, 7) is 2.52. The van der Waals surface area contributed by atoms with E-state index in [1.807, 2.05) is 18.2 Å². The van der Waals surface area contributed by atoms with E-state index in [0.29, 0.717) is 12.3 Å². The first-order valence-corrected chi connectivity index (χ1v) is 7.08. The topological polar surface area (TPSA) is 60.2 Å². The molecule has 1 aromatic carbocycles. The second kappa shape index (κ2) is 8.12. The van der Waals surface area contributed by atoms with Crippen LogP contribution < -0.4 is 5.32 Å². The maximum Gasteiger partial charge on any atom is 0.229 e. The number of hydrogen-bond donors (Lipinski definition) is 1. The van der Waals surface area contributed by atoms with Crippen LogP contribution in [0.4, 0.5) is 0 Å². The molecule has 0 spiro atoms. The molecule has 1 aromatic heterocycles. The van der Waals surface area contributed by atoms with E-state index in [-0.39, 0.29) is 18.5 Å². The summed E-state index contributed by atoms with van der Waals surface area (Å²) in [6, 6.07) is 10.3. The van der Waals surface area contributed by atoms with Crippen LogP contribution in [0.15, 0.2) is 34.9 Å². The van der Waals surface area contributed by atoms with Crippen LogP contribution in [-0.4, -0.2) is 35.9 Å². The van der Waals surface area contributed by atoms with Crippen molar-refractivity contribution in [3.05, 3.63) is 47.6 Å². The molecule has 0 radical (unpaired) electrons. The Morgan fingerprint density at radius 3 is 2.81 bits per heavy atom. The lowest BCUT2D eigenvalue weighted by atomic mass is 10.1. The minimum atomic E-state index is 0. The van der Waals surface area contributed by atoms with Gasteiger partial charge in [0.05, 0.1) is 19.1 Å². The lowest BCUT2D eigenvalue weighted by Gasteiger charge is -2.21. The fraction of sp³-hybridized carbons (Fsp3) is 0.467. The average molecular weight is 310 g/mol. The quantitative estimate of drug-likeness (QED) is 0.913. The number of nitrogens with one attached hydrogen (secondary N) is 1. The Morgan fingerprint density at radius 2 is 2.05 bits per heavy atom. The Morgan fingerprint density at radius 1 is 1.19 bits per heavy atom. The summed E-state index contributed by atoms with van der Waals surface area (Å²) in [5.74, 6) is 1.44. The molecule has 2 heterocycles. The highest BCUT2D eigenvalue weighted by Gasteiger charge is 2.17. The number of nitrogens with zero attached hydrogens (tertiary/aromatic N) is 2. The molecule has 21 heavy (non-hydrogen) atoms. The number of benzene rings is 1. The van der Waals surface area contributed by atoms with Gasteiger partial charge in [-0.1, -0.05) is 35.5 Å². The molecule has 114 valence electrons. The van der Waals surface area contributed by atoms with Gasteiger partial charge in [0.15, 0.2) is 5.82 Å². The van der Waals surface area contributed by atoms with Crippen molar-refractivity contribution in [1.82, 2.24) is 15.5 Å². The lowest BCUT2D eigenvalue weighted by Crippen LogP contribution is -2.39. The van der Waals surface area contributed by atoms with Crippen LogP contribution >= 0.6 is 12.4 Å². The summed E-state index contributed by atoms with van der Waals surface area (Å²) < 4.78 is 10.9. The van der Waals surface area contributed by atoms with Crippen molar-refractivity contribution >= 4 is 12.4 Å². The molecule has 0 aliphatic carbocycles. The minimum absolute atomic E-state index is 0. The van der Waals surface area contributed by atoms with Gasteiger partial charge < -0.3 is 14.6 Å². The summed E-state index contributed by atoms with van der Waals surface area (Å²) in [4.78, 5) is 4.43. The maximum absolute atomic E-state index is 5.63. The first kappa shape index (κ1) is 15.9. The number of rotatable bonds is 5. The van der Waals surface area contributed by atoms with Gasteiger partial charge in [-0.3, -0.25) is 0 Å². The lowest BCUT2D eigenvalue weighted by molar-refractivity contribution is 0.0246. The van der Waals surface area contributed by atoms with Crippen LogP contribution in [0.3, 0.4) is 0 Å². The summed E-state index contributed by atoms with van der Waals surface area (Å²) in [5, 5.41) is 7.33. The normalized spacial score (nSPS) is 18.2. The number of morpholine rings is 1. The third-order valence-electron chi connectivity index (χ3n) is 3.40. The van der Waals surface area contributed by atoms with Crippen molar-refractivity contribution in [2.24, 2.45) is 0 Å². The molecular weight excluding hydrogens is 290 g/mol. The zero-order valence-electron chi connectivity index (χ0n) is 11.8. The molecule has 0 amide bonds. The molecule has 3 rings (SSSR count). The predicted molar refractivity (Wildman–Crippen MR) is 81.7 cm³/mol. The standard InChI is InChI=1S/C15H19N3O2.ClH/c1-2-4-12(5-3-1)6-7-14-17-15(20-18-14)10-13-11-16-8-9-19-13;/h1-5,13,16H,6-11H2;1H. The number of aromatic nitrogens is 2. The van der Waals surface area contributed by atoms with Gasteiger partial charge in [-0.15, -0.1) is 12.4 Å². The van der Waals surface area contributed by atoms with E-state index in [2.05, 4.69) is 27.6 Å². The van der Waals surface area contributed by atoms with Crippen molar-refractivity contribution in [3.8, 4) is 0 Å². The maximum atomic E-state index is 5.63. The largest absolute Gasteiger partial charge is 0.375 e. The van der Waals surface area contributed by atoms with E-state index in [9.17, 15) is 0 Å². The summed E-state index contributed by atoms with van der Waals surface area (Å²) in [6.07, 6.45) is 2.57. The molecule has 1 atom stereocenters. The van der Waals surface area contributed by atoms with Gasteiger partial charge in [-0.05, 0) is 12.0 Å². The number of ether oxygens (including phenoxy) is 1. The van der Waals surface area contributed by atoms with Crippen LogP contribution in [-0.2, 0) is 24.0 Å². The van der Waals surface area contributed by atoms with Gasteiger partial charge in [-0.25, -0.2) is 0 Å². The van der Waals surface area contributed by atoms with E-state index in [1.54, 1.807) is 0 Å². The van der Waals surface area contributed by atoms with Crippen molar-refractivity contribution in [3.63, 3.8) is 0 Å². The van der Waals surface area contributed by atoms with E-state index in [0.717, 1.165) is 38.4 Å². The Balaban J connectivity index is 0.00000161. The van der Waals surface area contributed by atoms with Gasteiger partial charge in [0.25, 0.3) is 0 Å². The number of aryl methyl sites for hydroxylation is 2. The number of halogens is 1. The summed E-state index contributed by atoms with van der Waals surface area (Å²) in [5.41, 5.74) is 1.29. The van der Waals surface area contributed by atoms with E-state index in [1.165, 1.54) is 5.56 Å². The van der Waals surface area contributed by atoms with Gasteiger partial charge in [0, 0.05) is 19.5 Å². The summed E-state index contributed by atoms with van der Waals surface area (Å²) in [7, 11) is 0. The molecule has 0 saturated carbocycles. The third kappa shape index (κ3) is 4.81. The van der Waals surface area contributed by atoms with Crippen LogP contribution in [0.2, 0.25) is 0 Å². The van der Waals surface area contributed by atoms with Crippen molar-refractivity contribution in [2.75, 3.05) is 19.7 Å². The van der Waals surface area contributed by atoms with Gasteiger partial charge >= 0.3 is 0 Å². The molecule has 2 aromatic rings. The van der Waals surface area contributed by atoms with Crippen LogP contribution in [0.1, 0.15) is 17.3 Å². The summed E-state index contributed by atoms with van der Waals surface area (Å²) >= 11 is 0. The molecule has 1 unspecified atom stereocenters. The van der Waals surface area contributed by atoms with Crippen LogP contribution in [0.5, 0.6) is 0 Å². The van der Waals surface area contributed by atoms with E-state index in [4.69, 9.17) is 9.26 Å². The van der Waals surface area contributed by atoms with E-state index < -0.39 is 0 Å². The van der Waals surface area contributed by atoms with Crippen molar-refractivity contribution in [2.45, 2.75) is 25.4 Å². The fourth-order valence-corrected chi connectivity index (χ4v) is 2.32. The Kier molecular flexibility index (Phi) is 6.17. The van der Waals surface area contributed by atoms with Gasteiger partial charge in [0.1, 0.15) is 0 Å².